The molecule has 3 rings (SSSR count). The summed E-state index contributed by atoms with van der Waals surface area (Å²) in [5.74, 6) is -0.632. The van der Waals surface area contributed by atoms with E-state index >= 15 is 0 Å². The molecule has 1 saturated heterocycles. The van der Waals surface area contributed by atoms with Crippen LogP contribution in [0.5, 0.6) is 0 Å². The number of carbonyl (C=O) groups is 2. The standard InChI is InChI=1S/C17H17NO5/c1-2-10-3-4-12-11(8-16(20)23-14(12)7-10)9-22-17(21)13-5-6-15(19)18-13/h3-4,7-8,13H,2,5-6,9H2,1H3,(H,18,19). The number of benzene rings is 1. The minimum atomic E-state index is -0.597. The molecule has 120 valence electrons. The fourth-order valence-corrected chi connectivity index (χ4v) is 2.65. The average Bonchev–Trinajstić information content (AvgIpc) is 2.98. The molecular formula is C17H17NO5. The van der Waals surface area contributed by atoms with Crippen LogP contribution in [-0.2, 0) is 27.4 Å². The van der Waals surface area contributed by atoms with Crippen molar-refractivity contribution in [1.82, 2.24) is 5.32 Å². The molecule has 23 heavy (non-hydrogen) atoms. The molecule has 1 aliphatic heterocycles. The van der Waals surface area contributed by atoms with Crippen molar-refractivity contribution in [3.8, 4) is 0 Å². The molecule has 1 aliphatic rings. The highest BCUT2D eigenvalue weighted by Crippen LogP contribution is 2.20. The summed E-state index contributed by atoms with van der Waals surface area (Å²) in [4.78, 5) is 34.8. The zero-order valence-corrected chi connectivity index (χ0v) is 12.8. The lowest BCUT2D eigenvalue weighted by Gasteiger charge is -2.11. The number of hydrogen-bond donors (Lipinski definition) is 1. The normalized spacial score (nSPS) is 17.3. The highest BCUT2D eigenvalue weighted by Gasteiger charge is 2.28. The summed E-state index contributed by atoms with van der Waals surface area (Å²) in [5.41, 5.74) is 1.66. The zero-order chi connectivity index (χ0) is 16.4. The van der Waals surface area contributed by atoms with Gasteiger partial charge in [-0.3, -0.25) is 4.79 Å². The number of amides is 1. The van der Waals surface area contributed by atoms with Gasteiger partial charge in [0.2, 0.25) is 5.91 Å². The van der Waals surface area contributed by atoms with Crippen LogP contribution in [0.4, 0.5) is 0 Å². The minimum absolute atomic E-state index is 0.0290. The fraction of sp³-hybridized carbons (Fsp3) is 0.353. The van der Waals surface area contributed by atoms with E-state index < -0.39 is 17.6 Å². The first-order valence-corrected chi connectivity index (χ1v) is 7.58. The maximum Gasteiger partial charge on any atom is 0.336 e. The Balaban J connectivity index is 1.81. The SMILES string of the molecule is CCc1ccc2c(COC(=O)C3CCC(=O)N3)cc(=O)oc2c1. The van der Waals surface area contributed by atoms with Gasteiger partial charge in [0, 0.05) is 23.4 Å². The number of ether oxygens (including phenoxy) is 1. The van der Waals surface area contributed by atoms with Gasteiger partial charge in [-0.1, -0.05) is 19.1 Å². The number of aryl methyl sites for hydroxylation is 1. The van der Waals surface area contributed by atoms with E-state index in [1.54, 1.807) is 0 Å². The van der Waals surface area contributed by atoms with Crippen molar-refractivity contribution in [2.45, 2.75) is 38.8 Å². The molecule has 0 saturated carbocycles. The predicted octanol–water partition coefficient (Wildman–Crippen LogP) is 1.68. The van der Waals surface area contributed by atoms with Gasteiger partial charge in [0.15, 0.2) is 0 Å². The Morgan fingerprint density at radius 2 is 2.17 bits per heavy atom. The molecule has 1 fully saturated rings. The topological polar surface area (TPSA) is 85.6 Å². The van der Waals surface area contributed by atoms with Crippen LogP contribution in [0.3, 0.4) is 0 Å². The summed E-state index contributed by atoms with van der Waals surface area (Å²) in [6.07, 6.45) is 1.60. The van der Waals surface area contributed by atoms with E-state index in [1.165, 1.54) is 6.07 Å². The van der Waals surface area contributed by atoms with Crippen LogP contribution >= 0.6 is 0 Å². The summed E-state index contributed by atoms with van der Waals surface area (Å²) >= 11 is 0. The molecule has 1 N–H and O–H groups in total. The van der Waals surface area contributed by atoms with Crippen molar-refractivity contribution in [1.29, 1.82) is 0 Å². The van der Waals surface area contributed by atoms with E-state index in [4.69, 9.17) is 9.15 Å². The summed E-state index contributed by atoms with van der Waals surface area (Å²) in [7, 11) is 0. The largest absolute Gasteiger partial charge is 0.459 e. The van der Waals surface area contributed by atoms with Gasteiger partial charge < -0.3 is 14.5 Å². The Bertz CT molecular complexity index is 823. The monoisotopic (exact) mass is 315 g/mol. The number of fused-ring (bicyclic) bond motifs is 1. The Kier molecular flexibility index (Phi) is 4.14. The Hall–Kier alpha value is -2.63. The lowest BCUT2D eigenvalue weighted by molar-refractivity contribution is -0.147. The number of carbonyl (C=O) groups excluding carboxylic acids is 2. The van der Waals surface area contributed by atoms with Crippen LogP contribution in [0.25, 0.3) is 11.0 Å². The molecule has 0 bridgehead atoms. The Morgan fingerprint density at radius 3 is 2.87 bits per heavy atom. The first kappa shape index (κ1) is 15.3. The van der Waals surface area contributed by atoms with Gasteiger partial charge in [0.05, 0.1) is 0 Å². The molecule has 2 heterocycles. The maximum absolute atomic E-state index is 11.9. The lowest BCUT2D eigenvalue weighted by Crippen LogP contribution is -2.34. The highest BCUT2D eigenvalue weighted by atomic mass is 16.5. The van der Waals surface area contributed by atoms with Crippen LogP contribution in [0.15, 0.2) is 33.5 Å². The van der Waals surface area contributed by atoms with Crippen molar-refractivity contribution in [2.24, 2.45) is 0 Å². The number of hydrogen-bond acceptors (Lipinski definition) is 5. The van der Waals surface area contributed by atoms with Crippen LogP contribution in [-0.4, -0.2) is 17.9 Å². The molecule has 0 radical (unpaired) electrons. The van der Waals surface area contributed by atoms with E-state index in [1.807, 2.05) is 25.1 Å². The molecule has 0 aliphatic carbocycles. The van der Waals surface area contributed by atoms with Gasteiger partial charge in [0.1, 0.15) is 18.2 Å². The van der Waals surface area contributed by atoms with Crippen LogP contribution in [0, 0.1) is 0 Å². The smallest absolute Gasteiger partial charge is 0.336 e. The second kappa shape index (κ2) is 6.24. The molecule has 1 aromatic heterocycles. The van der Waals surface area contributed by atoms with E-state index in [0.717, 1.165) is 17.4 Å². The van der Waals surface area contributed by atoms with Gasteiger partial charge >= 0.3 is 11.6 Å². The quantitative estimate of drug-likeness (QED) is 0.685. The van der Waals surface area contributed by atoms with E-state index in [9.17, 15) is 14.4 Å². The van der Waals surface area contributed by atoms with Gasteiger partial charge in [-0.05, 0) is 24.5 Å². The van der Waals surface area contributed by atoms with Crippen molar-refractivity contribution in [3.05, 3.63) is 45.8 Å². The average molecular weight is 315 g/mol. The predicted molar refractivity (Wildman–Crippen MR) is 82.8 cm³/mol. The van der Waals surface area contributed by atoms with Gasteiger partial charge in [-0.2, -0.15) is 0 Å². The lowest BCUT2D eigenvalue weighted by atomic mass is 10.1. The fourth-order valence-electron chi connectivity index (χ4n) is 2.65. The summed E-state index contributed by atoms with van der Waals surface area (Å²) in [6, 6.07) is 6.36. The molecule has 1 unspecified atom stereocenters. The molecule has 2 aromatic rings. The first-order valence-electron chi connectivity index (χ1n) is 7.58. The van der Waals surface area contributed by atoms with Crippen molar-refractivity contribution >= 4 is 22.8 Å². The molecular weight excluding hydrogens is 298 g/mol. The molecule has 6 heteroatoms. The van der Waals surface area contributed by atoms with E-state index in [2.05, 4.69) is 5.32 Å². The highest BCUT2D eigenvalue weighted by molar-refractivity contribution is 5.88. The first-order chi connectivity index (χ1) is 11.1. The summed E-state index contributed by atoms with van der Waals surface area (Å²) in [5, 5.41) is 3.30. The molecule has 0 spiro atoms. The Morgan fingerprint density at radius 1 is 1.35 bits per heavy atom. The van der Waals surface area contributed by atoms with Crippen molar-refractivity contribution < 1.29 is 18.7 Å². The number of esters is 1. The van der Waals surface area contributed by atoms with Crippen LogP contribution in [0.1, 0.15) is 30.9 Å². The van der Waals surface area contributed by atoms with E-state index in [-0.39, 0.29) is 12.5 Å². The maximum atomic E-state index is 11.9. The molecule has 1 aromatic carbocycles. The summed E-state index contributed by atoms with van der Waals surface area (Å²) < 4.78 is 10.5. The van der Waals surface area contributed by atoms with Gasteiger partial charge in [0.25, 0.3) is 0 Å². The zero-order valence-electron chi connectivity index (χ0n) is 12.8. The number of nitrogens with one attached hydrogen (secondary N) is 1. The number of rotatable bonds is 4. The molecule has 1 amide bonds. The van der Waals surface area contributed by atoms with Gasteiger partial charge in [-0.15, -0.1) is 0 Å². The van der Waals surface area contributed by atoms with Crippen molar-refractivity contribution in [2.75, 3.05) is 0 Å². The molecule has 6 nitrogen and oxygen atoms in total. The minimum Gasteiger partial charge on any atom is -0.459 e. The Labute approximate surface area is 132 Å². The third kappa shape index (κ3) is 3.26. The van der Waals surface area contributed by atoms with Gasteiger partial charge in [-0.25, -0.2) is 9.59 Å². The van der Waals surface area contributed by atoms with E-state index in [0.29, 0.717) is 24.0 Å². The summed E-state index contributed by atoms with van der Waals surface area (Å²) in [6.45, 7) is 1.99. The van der Waals surface area contributed by atoms with Crippen molar-refractivity contribution in [3.63, 3.8) is 0 Å². The second-order valence-corrected chi connectivity index (χ2v) is 5.54. The van der Waals surface area contributed by atoms with Crippen LogP contribution in [0.2, 0.25) is 0 Å². The molecule has 1 atom stereocenters. The van der Waals surface area contributed by atoms with Crippen LogP contribution < -0.4 is 10.9 Å². The second-order valence-electron chi connectivity index (χ2n) is 5.54. The third-order valence-corrected chi connectivity index (χ3v) is 3.95. The third-order valence-electron chi connectivity index (χ3n) is 3.95.